The van der Waals surface area contributed by atoms with Crippen LogP contribution in [0.2, 0.25) is 0 Å². The van der Waals surface area contributed by atoms with Crippen molar-refractivity contribution >= 4 is 41.7 Å². The number of anilines is 1. The van der Waals surface area contributed by atoms with Crippen LogP contribution in [0.3, 0.4) is 0 Å². The van der Waals surface area contributed by atoms with Crippen molar-refractivity contribution in [1.29, 1.82) is 0 Å². The highest BCUT2D eigenvalue weighted by Gasteiger charge is 2.32. The number of aryl methyl sites for hydroxylation is 1. The maximum atomic E-state index is 13.1. The standard InChI is InChI=1S/C19H23BrN2O4S2/c1-4-21(5-2)27(23,24)17-7-9-19-15(13-17)10-11-22(19)28(25,26)16-6-8-18(20)14(3)12-16/h6-9,12-13H,4-5,10-11H2,1-3H3. The van der Waals surface area contributed by atoms with Crippen LogP contribution in [-0.4, -0.2) is 40.8 Å². The number of fused-ring (bicyclic) bond motifs is 1. The van der Waals surface area contributed by atoms with E-state index in [2.05, 4.69) is 15.9 Å². The number of hydrogen-bond donors (Lipinski definition) is 0. The Morgan fingerprint density at radius 2 is 1.64 bits per heavy atom. The zero-order valence-electron chi connectivity index (χ0n) is 16.0. The molecular formula is C19H23BrN2O4S2. The van der Waals surface area contributed by atoms with Gasteiger partial charge in [-0.05, 0) is 60.9 Å². The summed E-state index contributed by atoms with van der Waals surface area (Å²) in [6.45, 7) is 6.50. The molecule has 1 aliphatic rings. The van der Waals surface area contributed by atoms with Crippen LogP contribution in [0.1, 0.15) is 25.0 Å². The minimum Gasteiger partial charge on any atom is -0.266 e. The molecule has 0 fully saturated rings. The smallest absolute Gasteiger partial charge is 0.264 e. The van der Waals surface area contributed by atoms with Crippen LogP contribution in [0.25, 0.3) is 0 Å². The van der Waals surface area contributed by atoms with Crippen LogP contribution in [0.5, 0.6) is 0 Å². The highest BCUT2D eigenvalue weighted by Crippen LogP contribution is 2.35. The molecule has 152 valence electrons. The molecule has 0 aromatic heterocycles. The fourth-order valence-corrected chi connectivity index (χ4v) is 6.72. The molecule has 2 aromatic rings. The summed E-state index contributed by atoms with van der Waals surface area (Å²) in [5, 5.41) is 0. The lowest BCUT2D eigenvalue weighted by molar-refractivity contribution is 0.445. The summed E-state index contributed by atoms with van der Waals surface area (Å²) in [5.41, 5.74) is 2.10. The fourth-order valence-electron chi connectivity index (χ4n) is 3.38. The van der Waals surface area contributed by atoms with Crippen molar-refractivity contribution in [3.8, 4) is 0 Å². The first-order chi connectivity index (χ1) is 13.1. The maximum absolute atomic E-state index is 13.1. The van der Waals surface area contributed by atoms with E-state index in [9.17, 15) is 16.8 Å². The van der Waals surface area contributed by atoms with Crippen LogP contribution in [-0.2, 0) is 26.5 Å². The van der Waals surface area contributed by atoms with Crippen molar-refractivity contribution in [3.05, 3.63) is 52.0 Å². The minimum absolute atomic E-state index is 0.202. The molecule has 0 amide bonds. The van der Waals surface area contributed by atoms with Gasteiger partial charge < -0.3 is 0 Å². The van der Waals surface area contributed by atoms with E-state index >= 15 is 0 Å². The molecular weight excluding hydrogens is 464 g/mol. The second-order valence-electron chi connectivity index (χ2n) is 6.62. The van der Waals surface area contributed by atoms with E-state index in [1.54, 1.807) is 44.2 Å². The van der Waals surface area contributed by atoms with Gasteiger partial charge in [-0.1, -0.05) is 29.8 Å². The van der Waals surface area contributed by atoms with Gasteiger partial charge in [0.1, 0.15) is 0 Å². The summed E-state index contributed by atoms with van der Waals surface area (Å²) in [5.74, 6) is 0. The largest absolute Gasteiger partial charge is 0.266 e. The lowest BCUT2D eigenvalue weighted by Gasteiger charge is -2.21. The quantitative estimate of drug-likeness (QED) is 0.625. The first-order valence-electron chi connectivity index (χ1n) is 9.05. The van der Waals surface area contributed by atoms with Gasteiger partial charge >= 0.3 is 0 Å². The van der Waals surface area contributed by atoms with Gasteiger partial charge in [-0.2, -0.15) is 4.31 Å². The average Bonchev–Trinajstić information content (AvgIpc) is 3.08. The molecule has 0 aliphatic carbocycles. The van der Waals surface area contributed by atoms with Gasteiger partial charge in [-0.15, -0.1) is 0 Å². The predicted molar refractivity (Wildman–Crippen MR) is 114 cm³/mol. The number of rotatable bonds is 6. The van der Waals surface area contributed by atoms with Crippen LogP contribution >= 0.6 is 15.9 Å². The normalized spacial score (nSPS) is 14.5. The Labute approximate surface area is 175 Å². The molecule has 2 aromatic carbocycles. The molecule has 1 heterocycles. The first kappa shape index (κ1) is 21.3. The lowest BCUT2D eigenvalue weighted by atomic mass is 10.2. The first-order valence-corrected chi connectivity index (χ1v) is 12.7. The van der Waals surface area contributed by atoms with Crippen molar-refractivity contribution in [2.24, 2.45) is 0 Å². The van der Waals surface area contributed by atoms with E-state index < -0.39 is 20.0 Å². The lowest BCUT2D eigenvalue weighted by Crippen LogP contribution is -2.31. The summed E-state index contributed by atoms with van der Waals surface area (Å²) in [6, 6.07) is 9.62. The third-order valence-electron chi connectivity index (χ3n) is 4.96. The number of halogens is 1. The molecule has 0 bridgehead atoms. The Morgan fingerprint density at radius 1 is 1.00 bits per heavy atom. The Hall–Kier alpha value is -1.42. The van der Waals surface area contributed by atoms with Crippen LogP contribution in [0, 0.1) is 6.92 Å². The Morgan fingerprint density at radius 3 is 2.25 bits per heavy atom. The summed E-state index contributed by atoms with van der Waals surface area (Å²) in [7, 11) is -7.29. The molecule has 3 rings (SSSR count). The van der Waals surface area contributed by atoms with E-state index in [1.807, 2.05) is 6.92 Å². The SMILES string of the molecule is CCN(CC)S(=O)(=O)c1ccc2c(c1)CCN2S(=O)(=O)c1ccc(Br)c(C)c1. The molecule has 0 N–H and O–H groups in total. The molecule has 0 unspecified atom stereocenters. The second kappa shape index (κ2) is 7.78. The van der Waals surface area contributed by atoms with Crippen LogP contribution in [0.15, 0.2) is 50.7 Å². The summed E-state index contributed by atoms with van der Waals surface area (Å²) in [6.07, 6.45) is 0.478. The van der Waals surface area contributed by atoms with Crippen molar-refractivity contribution in [1.82, 2.24) is 4.31 Å². The number of benzene rings is 2. The molecule has 9 heteroatoms. The molecule has 0 saturated heterocycles. The van der Waals surface area contributed by atoms with Gasteiger partial charge in [-0.3, -0.25) is 4.31 Å². The Bertz CT molecular complexity index is 1110. The van der Waals surface area contributed by atoms with Crippen molar-refractivity contribution < 1.29 is 16.8 Å². The molecule has 6 nitrogen and oxygen atoms in total. The summed E-state index contributed by atoms with van der Waals surface area (Å²) >= 11 is 3.39. The Kier molecular flexibility index (Phi) is 5.91. The van der Waals surface area contributed by atoms with E-state index in [-0.39, 0.29) is 9.79 Å². The van der Waals surface area contributed by atoms with Gasteiger partial charge in [0.2, 0.25) is 10.0 Å². The second-order valence-corrected chi connectivity index (χ2v) is 11.3. The molecule has 0 radical (unpaired) electrons. The highest BCUT2D eigenvalue weighted by atomic mass is 79.9. The third-order valence-corrected chi connectivity index (χ3v) is 9.71. The van der Waals surface area contributed by atoms with Crippen molar-refractivity contribution in [2.75, 3.05) is 23.9 Å². The molecule has 0 atom stereocenters. The molecule has 1 aliphatic heterocycles. The maximum Gasteiger partial charge on any atom is 0.264 e. The molecule has 0 saturated carbocycles. The zero-order valence-corrected chi connectivity index (χ0v) is 19.2. The van der Waals surface area contributed by atoms with E-state index in [1.165, 1.54) is 14.7 Å². The summed E-state index contributed by atoms with van der Waals surface area (Å²) < 4.78 is 55.4. The monoisotopic (exact) mass is 486 g/mol. The summed E-state index contributed by atoms with van der Waals surface area (Å²) in [4.78, 5) is 0.426. The van der Waals surface area contributed by atoms with Gasteiger partial charge in [0.05, 0.1) is 15.5 Å². The van der Waals surface area contributed by atoms with Gasteiger partial charge in [0.15, 0.2) is 0 Å². The van der Waals surface area contributed by atoms with Crippen molar-refractivity contribution in [3.63, 3.8) is 0 Å². The van der Waals surface area contributed by atoms with Crippen LogP contribution in [0.4, 0.5) is 5.69 Å². The molecule has 0 spiro atoms. The number of hydrogen-bond acceptors (Lipinski definition) is 4. The van der Waals surface area contributed by atoms with Gasteiger partial charge in [0.25, 0.3) is 10.0 Å². The minimum atomic E-state index is -3.71. The van der Waals surface area contributed by atoms with Crippen molar-refractivity contribution in [2.45, 2.75) is 37.0 Å². The van der Waals surface area contributed by atoms with Gasteiger partial charge in [-0.25, -0.2) is 16.8 Å². The highest BCUT2D eigenvalue weighted by molar-refractivity contribution is 9.10. The predicted octanol–water partition coefficient (Wildman–Crippen LogP) is 3.54. The Balaban J connectivity index is 2.00. The molecule has 28 heavy (non-hydrogen) atoms. The number of sulfonamides is 2. The van der Waals surface area contributed by atoms with E-state index in [4.69, 9.17) is 0 Å². The zero-order chi connectivity index (χ0) is 20.7. The van der Waals surface area contributed by atoms with E-state index in [0.717, 1.165) is 15.6 Å². The van der Waals surface area contributed by atoms with Crippen LogP contribution < -0.4 is 4.31 Å². The fraction of sp³-hybridized carbons (Fsp3) is 0.368. The topological polar surface area (TPSA) is 74.8 Å². The number of nitrogens with zero attached hydrogens (tertiary/aromatic N) is 2. The third kappa shape index (κ3) is 3.60. The van der Waals surface area contributed by atoms with E-state index in [0.29, 0.717) is 31.7 Å². The average molecular weight is 487 g/mol. The van der Waals surface area contributed by atoms with Gasteiger partial charge in [0, 0.05) is 24.1 Å².